The van der Waals surface area contributed by atoms with Gasteiger partial charge in [0.1, 0.15) is 18.3 Å². The van der Waals surface area contributed by atoms with E-state index in [1.165, 1.54) is 0 Å². The molecule has 0 fully saturated rings. The van der Waals surface area contributed by atoms with Gasteiger partial charge in [0.05, 0.1) is 0 Å². The third kappa shape index (κ3) is 3.09. The zero-order chi connectivity index (χ0) is 14.0. The first kappa shape index (κ1) is 14.3. The number of carbonyl (C=O) groups excluding carboxylic acids is 1. The van der Waals surface area contributed by atoms with E-state index in [0.717, 1.165) is 15.8 Å². The number of carbonyl (C=O) groups is 1. The molecule has 1 heterocycles. The minimum Gasteiger partial charge on any atom is -0.492 e. The molecule has 3 unspecified atom stereocenters. The van der Waals surface area contributed by atoms with Gasteiger partial charge in [-0.1, -0.05) is 22.9 Å². The second-order valence-electron chi connectivity index (χ2n) is 5.00. The van der Waals surface area contributed by atoms with Crippen LogP contribution in [0.25, 0.3) is 0 Å². The van der Waals surface area contributed by atoms with Crippen molar-refractivity contribution >= 4 is 21.8 Å². The van der Waals surface area contributed by atoms with Crippen LogP contribution in [-0.2, 0) is 4.79 Å². The maximum atomic E-state index is 12.3. The van der Waals surface area contributed by atoms with Crippen LogP contribution in [0, 0.1) is 5.92 Å². The Labute approximate surface area is 121 Å². The van der Waals surface area contributed by atoms with Crippen LogP contribution in [0.3, 0.4) is 0 Å². The van der Waals surface area contributed by atoms with Crippen molar-refractivity contribution in [2.75, 3.05) is 13.2 Å². The molecule has 5 heteroatoms. The molecule has 3 atom stereocenters. The van der Waals surface area contributed by atoms with Crippen molar-refractivity contribution in [3.63, 3.8) is 0 Å². The molecule has 1 aromatic rings. The van der Waals surface area contributed by atoms with Crippen molar-refractivity contribution in [1.82, 2.24) is 5.32 Å². The highest BCUT2D eigenvalue weighted by Crippen LogP contribution is 2.36. The van der Waals surface area contributed by atoms with E-state index in [2.05, 4.69) is 21.2 Å². The molecule has 2 rings (SSSR count). The number of fused-ring (bicyclic) bond motifs is 1. The number of amides is 1. The van der Waals surface area contributed by atoms with E-state index < -0.39 is 0 Å². The molecule has 1 amide bonds. The summed E-state index contributed by atoms with van der Waals surface area (Å²) in [6, 6.07) is 5.63. The smallest absolute Gasteiger partial charge is 0.231 e. The Bertz CT molecular complexity index is 478. The minimum atomic E-state index is -0.277. The SMILES string of the molecule is CC(CO)C(C)NC(=O)C1COc2ccc(Br)cc21. The molecule has 19 heavy (non-hydrogen) atoms. The topological polar surface area (TPSA) is 58.6 Å². The van der Waals surface area contributed by atoms with E-state index in [1.54, 1.807) is 0 Å². The lowest BCUT2D eigenvalue weighted by Crippen LogP contribution is -2.41. The molecule has 1 aliphatic heterocycles. The molecule has 0 aliphatic carbocycles. The molecule has 0 bridgehead atoms. The summed E-state index contributed by atoms with van der Waals surface area (Å²) in [6.45, 7) is 4.24. The summed E-state index contributed by atoms with van der Waals surface area (Å²) in [5.74, 6) is 0.477. The van der Waals surface area contributed by atoms with Gasteiger partial charge >= 0.3 is 0 Å². The lowest BCUT2D eigenvalue weighted by molar-refractivity contribution is -0.123. The first-order chi connectivity index (χ1) is 9.02. The fraction of sp³-hybridized carbons (Fsp3) is 0.500. The summed E-state index contributed by atoms with van der Waals surface area (Å²) in [5, 5.41) is 12.0. The van der Waals surface area contributed by atoms with Gasteiger partial charge in [-0.2, -0.15) is 0 Å². The van der Waals surface area contributed by atoms with Crippen LogP contribution in [0.2, 0.25) is 0 Å². The molecule has 0 radical (unpaired) electrons. The molecule has 2 N–H and O–H groups in total. The van der Waals surface area contributed by atoms with Crippen LogP contribution in [0.5, 0.6) is 5.75 Å². The van der Waals surface area contributed by atoms with Crippen LogP contribution in [0.15, 0.2) is 22.7 Å². The zero-order valence-corrected chi connectivity index (χ0v) is 12.6. The largest absolute Gasteiger partial charge is 0.492 e. The monoisotopic (exact) mass is 327 g/mol. The average molecular weight is 328 g/mol. The van der Waals surface area contributed by atoms with Crippen molar-refractivity contribution in [3.8, 4) is 5.75 Å². The fourth-order valence-corrected chi connectivity index (χ4v) is 2.41. The van der Waals surface area contributed by atoms with E-state index in [4.69, 9.17) is 9.84 Å². The first-order valence-corrected chi connectivity index (χ1v) is 7.15. The molecule has 0 saturated heterocycles. The highest BCUT2D eigenvalue weighted by molar-refractivity contribution is 9.10. The predicted molar refractivity (Wildman–Crippen MR) is 76.2 cm³/mol. The standard InChI is InChI=1S/C14H18BrNO3/c1-8(6-17)9(2)16-14(18)12-7-19-13-4-3-10(15)5-11(12)13/h3-5,8-9,12,17H,6-7H2,1-2H3,(H,16,18). The van der Waals surface area contributed by atoms with Crippen molar-refractivity contribution in [1.29, 1.82) is 0 Å². The minimum absolute atomic E-state index is 0.0354. The highest BCUT2D eigenvalue weighted by Gasteiger charge is 2.31. The van der Waals surface area contributed by atoms with Gasteiger partial charge in [0.2, 0.25) is 5.91 Å². The second kappa shape index (κ2) is 5.92. The molecular formula is C14H18BrNO3. The molecule has 1 aromatic carbocycles. The number of aliphatic hydroxyl groups excluding tert-OH is 1. The summed E-state index contributed by atoms with van der Waals surface area (Å²) in [7, 11) is 0. The van der Waals surface area contributed by atoms with Crippen LogP contribution in [0.4, 0.5) is 0 Å². The van der Waals surface area contributed by atoms with Crippen molar-refractivity contribution in [3.05, 3.63) is 28.2 Å². The number of hydrogen-bond donors (Lipinski definition) is 2. The van der Waals surface area contributed by atoms with Gasteiger partial charge in [0, 0.05) is 22.7 Å². The van der Waals surface area contributed by atoms with Gasteiger partial charge in [-0.05, 0) is 31.0 Å². The second-order valence-corrected chi connectivity index (χ2v) is 5.92. The number of ether oxygens (including phenoxy) is 1. The van der Waals surface area contributed by atoms with E-state index in [1.807, 2.05) is 32.0 Å². The van der Waals surface area contributed by atoms with Crippen LogP contribution < -0.4 is 10.1 Å². The van der Waals surface area contributed by atoms with Crippen molar-refractivity contribution in [2.45, 2.75) is 25.8 Å². The first-order valence-electron chi connectivity index (χ1n) is 6.36. The van der Waals surface area contributed by atoms with Crippen LogP contribution in [0.1, 0.15) is 25.3 Å². The normalized spacial score (nSPS) is 20.3. The number of hydrogen-bond acceptors (Lipinski definition) is 3. The summed E-state index contributed by atoms with van der Waals surface area (Å²) in [4.78, 5) is 12.3. The molecule has 104 valence electrons. The van der Waals surface area contributed by atoms with Crippen LogP contribution in [-0.4, -0.2) is 30.3 Å². The Morgan fingerprint density at radius 1 is 1.58 bits per heavy atom. The summed E-state index contributed by atoms with van der Waals surface area (Å²) >= 11 is 3.41. The average Bonchev–Trinajstić information content (AvgIpc) is 2.80. The number of rotatable bonds is 4. The third-order valence-electron chi connectivity index (χ3n) is 3.58. The number of aliphatic hydroxyl groups is 1. The lowest BCUT2D eigenvalue weighted by atomic mass is 9.98. The van der Waals surface area contributed by atoms with Gasteiger partial charge in [0.25, 0.3) is 0 Å². The predicted octanol–water partition coefficient (Wildman–Crippen LogP) is 2.06. The Morgan fingerprint density at radius 3 is 3.00 bits per heavy atom. The Balaban J connectivity index is 2.09. The summed E-state index contributed by atoms with van der Waals surface area (Å²) < 4.78 is 6.46. The molecule has 0 aromatic heterocycles. The molecule has 0 spiro atoms. The van der Waals surface area contributed by atoms with E-state index >= 15 is 0 Å². The third-order valence-corrected chi connectivity index (χ3v) is 4.07. The maximum absolute atomic E-state index is 12.3. The van der Waals surface area contributed by atoms with E-state index in [0.29, 0.717) is 6.61 Å². The number of halogens is 1. The molecule has 0 saturated carbocycles. The maximum Gasteiger partial charge on any atom is 0.231 e. The zero-order valence-electron chi connectivity index (χ0n) is 11.0. The lowest BCUT2D eigenvalue weighted by Gasteiger charge is -2.21. The van der Waals surface area contributed by atoms with Gasteiger partial charge in [0.15, 0.2) is 0 Å². The van der Waals surface area contributed by atoms with Crippen molar-refractivity contribution < 1.29 is 14.6 Å². The fourth-order valence-electron chi connectivity index (χ4n) is 2.03. The van der Waals surface area contributed by atoms with Gasteiger partial charge in [-0.3, -0.25) is 4.79 Å². The Kier molecular flexibility index (Phi) is 4.47. The quantitative estimate of drug-likeness (QED) is 0.889. The van der Waals surface area contributed by atoms with Crippen LogP contribution >= 0.6 is 15.9 Å². The Morgan fingerprint density at radius 2 is 2.32 bits per heavy atom. The van der Waals surface area contributed by atoms with Crippen molar-refractivity contribution in [2.24, 2.45) is 5.92 Å². The summed E-state index contributed by atoms with van der Waals surface area (Å²) in [5.41, 5.74) is 0.913. The Hall–Kier alpha value is -1.07. The van der Waals surface area contributed by atoms with Gasteiger partial charge in [-0.15, -0.1) is 0 Å². The highest BCUT2D eigenvalue weighted by atomic mass is 79.9. The van der Waals surface area contributed by atoms with E-state index in [-0.39, 0.29) is 30.4 Å². The van der Waals surface area contributed by atoms with E-state index in [9.17, 15) is 4.79 Å². The van der Waals surface area contributed by atoms with Gasteiger partial charge < -0.3 is 15.2 Å². The molecule has 1 aliphatic rings. The van der Waals surface area contributed by atoms with Gasteiger partial charge in [-0.25, -0.2) is 0 Å². The molecule has 4 nitrogen and oxygen atoms in total. The number of nitrogens with one attached hydrogen (secondary N) is 1. The molecular weight excluding hydrogens is 310 g/mol. The summed E-state index contributed by atoms with van der Waals surface area (Å²) in [6.07, 6.45) is 0. The number of benzene rings is 1.